The third kappa shape index (κ3) is 2.97. The molecule has 0 atom stereocenters. The first-order valence-corrected chi connectivity index (χ1v) is 3.55. The molecule has 0 bridgehead atoms. The van der Waals surface area contributed by atoms with Crippen molar-refractivity contribution in [1.82, 2.24) is 0 Å². The van der Waals surface area contributed by atoms with Crippen LogP contribution in [0.5, 0.6) is 5.75 Å². The molecule has 0 heterocycles. The average molecular weight is 173 g/mol. The van der Waals surface area contributed by atoms with Gasteiger partial charge in [0.2, 0.25) is 0 Å². The van der Waals surface area contributed by atoms with Gasteiger partial charge in [0, 0.05) is 29.6 Å². The van der Waals surface area contributed by atoms with Crippen molar-refractivity contribution in [3.05, 3.63) is 29.8 Å². The fourth-order valence-corrected chi connectivity index (χ4v) is 0.865. The van der Waals surface area contributed by atoms with E-state index < -0.39 is 0 Å². The SMILES string of the molecule is CCOc1ccccc1C=O.[Na]. The Morgan fingerprint density at radius 1 is 1.42 bits per heavy atom. The van der Waals surface area contributed by atoms with E-state index in [1.807, 2.05) is 19.1 Å². The van der Waals surface area contributed by atoms with Crippen molar-refractivity contribution in [2.75, 3.05) is 6.61 Å². The summed E-state index contributed by atoms with van der Waals surface area (Å²) in [6, 6.07) is 7.18. The molecular weight excluding hydrogens is 163 g/mol. The summed E-state index contributed by atoms with van der Waals surface area (Å²) in [5.41, 5.74) is 0.606. The second kappa shape index (κ2) is 6.23. The molecule has 2 nitrogen and oxygen atoms in total. The molecule has 0 aromatic heterocycles. The molecule has 0 aliphatic heterocycles. The first kappa shape index (κ1) is 11.7. The Hall–Kier alpha value is -0.310. The minimum atomic E-state index is 0. The van der Waals surface area contributed by atoms with Crippen molar-refractivity contribution in [3.8, 4) is 5.75 Å². The molecule has 59 valence electrons. The van der Waals surface area contributed by atoms with Gasteiger partial charge in [0.1, 0.15) is 5.75 Å². The quantitative estimate of drug-likeness (QED) is 0.511. The van der Waals surface area contributed by atoms with E-state index in [0.717, 1.165) is 6.29 Å². The number of aldehydes is 1. The Morgan fingerprint density at radius 3 is 2.67 bits per heavy atom. The van der Waals surface area contributed by atoms with Crippen molar-refractivity contribution in [1.29, 1.82) is 0 Å². The minimum absolute atomic E-state index is 0. The summed E-state index contributed by atoms with van der Waals surface area (Å²) < 4.78 is 5.20. The molecule has 0 spiro atoms. The summed E-state index contributed by atoms with van der Waals surface area (Å²) in [4.78, 5) is 10.4. The van der Waals surface area contributed by atoms with Gasteiger partial charge in [0.15, 0.2) is 6.29 Å². The molecule has 0 saturated carbocycles. The summed E-state index contributed by atoms with van der Waals surface area (Å²) in [5.74, 6) is 0.657. The van der Waals surface area contributed by atoms with Crippen LogP contribution in [0.2, 0.25) is 0 Å². The van der Waals surface area contributed by atoms with Gasteiger partial charge < -0.3 is 4.74 Å². The van der Waals surface area contributed by atoms with Crippen LogP contribution < -0.4 is 4.74 Å². The van der Waals surface area contributed by atoms with Crippen LogP contribution in [0, 0.1) is 0 Å². The number of para-hydroxylation sites is 1. The predicted molar refractivity (Wildman–Crippen MR) is 48.8 cm³/mol. The monoisotopic (exact) mass is 173 g/mol. The summed E-state index contributed by atoms with van der Waals surface area (Å²) in [6.45, 7) is 2.48. The number of ether oxygens (including phenoxy) is 1. The predicted octanol–water partition coefficient (Wildman–Crippen LogP) is 1.52. The van der Waals surface area contributed by atoms with Crippen molar-refractivity contribution < 1.29 is 9.53 Å². The smallest absolute Gasteiger partial charge is 0.153 e. The summed E-state index contributed by atoms with van der Waals surface area (Å²) in [5, 5.41) is 0. The van der Waals surface area contributed by atoms with Gasteiger partial charge in [-0.05, 0) is 19.1 Å². The van der Waals surface area contributed by atoms with E-state index in [2.05, 4.69) is 0 Å². The number of hydrogen-bond donors (Lipinski definition) is 0. The first-order valence-electron chi connectivity index (χ1n) is 3.55. The first-order chi connectivity index (χ1) is 5.38. The van der Waals surface area contributed by atoms with E-state index in [1.165, 1.54) is 0 Å². The van der Waals surface area contributed by atoms with E-state index in [1.54, 1.807) is 12.1 Å². The molecule has 0 unspecified atom stereocenters. The minimum Gasteiger partial charge on any atom is -0.493 e. The maximum absolute atomic E-state index is 10.4. The fraction of sp³-hybridized carbons (Fsp3) is 0.222. The van der Waals surface area contributed by atoms with Crippen LogP contribution in [0.15, 0.2) is 24.3 Å². The molecule has 0 fully saturated rings. The van der Waals surface area contributed by atoms with Gasteiger partial charge in [-0.2, -0.15) is 0 Å². The Kier molecular flexibility index (Phi) is 6.07. The van der Waals surface area contributed by atoms with E-state index in [4.69, 9.17) is 4.74 Å². The molecule has 0 N–H and O–H groups in total. The number of hydrogen-bond acceptors (Lipinski definition) is 2. The Balaban J connectivity index is 0.00000121. The van der Waals surface area contributed by atoms with Crippen LogP contribution in [0.1, 0.15) is 17.3 Å². The topological polar surface area (TPSA) is 26.3 Å². The molecule has 1 rings (SSSR count). The number of rotatable bonds is 3. The third-order valence-corrected chi connectivity index (χ3v) is 1.35. The Labute approximate surface area is 94.2 Å². The molecule has 0 aliphatic rings. The molecule has 1 aromatic rings. The van der Waals surface area contributed by atoms with Crippen molar-refractivity contribution >= 4 is 35.8 Å². The standard InChI is InChI=1S/C9H10O2.Na/c1-2-11-9-6-4-3-5-8(9)7-10;/h3-7H,2H2,1H3;. The van der Waals surface area contributed by atoms with Crippen LogP contribution in [-0.2, 0) is 0 Å². The second-order valence-electron chi connectivity index (χ2n) is 2.09. The van der Waals surface area contributed by atoms with E-state index >= 15 is 0 Å². The van der Waals surface area contributed by atoms with Gasteiger partial charge in [-0.1, -0.05) is 12.1 Å². The van der Waals surface area contributed by atoms with Crippen molar-refractivity contribution in [3.63, 3.8) is 0 Å². The van der Waals surface area contributed by atoms with Crippen LogP contribution in [-0.4, -0.2) is 42.5 Å². The summed E-state index contributed by atoms with van der Waals surface area (Å²) >= 11 is 0. The Bertz CT molecular complexity index is 248. The molecule has 0 saturated heterocycles. The number of carbonyl (C=O) groups is 1. The van der Waals surface area contributed by atoms with Gasteiger partial charge in [-0.3, -0.25) is 4.79 Å². The molecule has 3 heteroatoms. The molecule has 0 aliphatic carbocycles. The zero-order valence-electron chi connectivity index (χ0n) is 7.41. The molecule has 12 heavy (non-hydrogen) atoms. The number of carbonyl (C=O) groups excluding carboxylic acids is 1. The average Bonchev–Trinajstić information content (AvgIpc) is 2.06. The number of benzene rings is 1. The maximum atomic E-state index is 10.4. The summed E-state index contributed by atoms with van der Waals surface area (Å²) in [6.07, 6.45) is 0.797. The largest absolute Gasteiger partial charge is 0.493 e. The van der Waals surface area contributed by atoms with E-state index in [-0.39, 0.29) is 29.6 Å². The normalized spacial score (nSPS) is 8.42. The second-order valence-corrected chi connectivity index (χ2v) is 2.09. The molecule has 1 aromatic carbocycles. The van der Waals surface area contributed by atoms with Gasteiger partial charge >= 0.3 is 0 Å². The maximum Gasteiger partial charge on any atom is 0.153 e. The zero-order valence-corrected chi connectivity index (χ0v) is 9.41. The van der Waals surface area contributed by atoms with Gasteiger partial charge in [0.05, 0.1) is 12.2 Å². The van der Waals surface area contributed by atoms with Gasteiger partial charge in [0.25, 0.3) is 0 Å². The fourth-order valence-electron chi connectivity index (χ4n) is 0.865. The van der Waals surface area contributed by atoms with Crippen LogP contribution in [0.3, 0.4) is 0 Å². The van der Waals surface area contributed by atoms with Gasteiger partial charge in [-0.25, -0.2) is 0 Å². The zero-order chi connectivity index (χ0) is 8.10. The van der Waals surface area contributed by atoms with Crippen molar-refractivity contribution in [2.45, 2.75) is 6.92 Å². The van der Waals surface area contributed by atoms with Crippen LogP contribution in [0.4, 0.5) is 0 Å². The van der Waals surface area contributed by atoms with Crippen LogP contribution in [0.25, 0.3) is 0 Å². The van der Waals surface area contributed by atoms with Crippen molar-refractivity contribution in [2.24, 2.45) is 0 Å². The van der Waals surface area contributed by atoms with E-state index in [0.29, 0.717) is 17.9 Å². The molecule has 0 amide bonds. The third-order valence-electron chi connectivity index (χ3n) is 1.35. The van der Waals surface area contributed by atoms with Crippen LogP contribution >= 0.6 is 0 Å². The Morgan fingerprint density at radius 2 is 2.08 bits per heavy atom. The molecule has 1 radical (unpaired) electrons. The molecular formula is C9H10NaO2. The summed E-state index contributed by atoms with van der Waals surface area (Å²) in [7, 11) is 0. The van der Waals surface area contributed by atoms with Gasteiger partial charge in [-0.15, -0.1) is 0 Å². The van der Waals surface area contributed by atoms with E-state index in [9.17, 15) is 4.79 Å².